The average molecular weight is 786 g/mol. The highest BCUT2D eigenvalue weighted by Crippen LogP contribution is 2.39. The molecule has 16 heteroatoms. The van der Waals surface area contributed by atoms with Crippen LogP contribution >= 0.6 is 0 Å². The summed E-state index contributed by atoms with van der Waals surface area (Å²) >= 11 is 0. The number of ether oxygens (including phenoxy) is 1. The number of carbonyl (C=O) groups is 1. The number of aliphatic hydroxyl groups is 1. The fourth-order valence-corrected chi connectivity index (χ4v) is 7.87. The van der Waals surface area contributed by atoms with Gasteiger partial charge in [0, 0.05) is 55.3 Å². The summed E-state index contributed by atoms with van der Waals surface area (Å²) in [5.41, 5.74) is 6.92. The Bertz CT molecular complexity index is 2480. The van der Waals surface area contributed by atoms with Crippen LogP contribution in [-0.4, -0.2) is 84.3 Å². The summed E-state index contributed by atoms with van der Waals surface area (Å²) in [5, 5.41) is 22.8. The second-order valence-corrected chi connectivity index (χ2v) is 14.5. The first-order chi connectivity index (χ1) is 27.4. The number of aliphatic carboxylic acids is 1. The molecule has 0 amide bonds. The first-order valence-electron chi connectivity index (χ1n) is 18.6. The van der Waals surface area contributed by atoms with Gasteiger partial charge in [-0.2, -0.15) is 8.78 Å². The summed E-state index contributed by atoms with van der Waals surface area (Å²) in [6.07, 6.45) is 0.176. The molecule has 3 aromatic carbocycles. The summed E-state index contributed by atoms with van der Waals surface area (Å²) in [5.74, 6) is -1.33. The molecule has 8 rings (SSSR count). The van der Waals surface area contributed by atoms with E-state index in [-0.39, 0.29) is 35.1 Å². The summed E-state index contributed by atoms with van der Waals surface area (Å²) in [6.45, 7) is 3.06. The number of β-amino-alcohol motifs (C(OH)–C–C–N with tert-alkyl or cyclic N) is 1. The minimum Gasteiger partial charge on any atom is -0.480 e. The number of hydrogen-bond donors (Lipinski definition) is 3. The average Bonchev–Trinajstić information content (AvgIpc) is 3.92. The Hall–Kier alpha value is -5.71. The normalized spacial score (nSPS) is 17.8. The van der Waals surface area contributed by atoms with Crippen LogP contribution < -0.4 is 10.1 Å². The third-order valence-electron chi connectivity index (χ3n) is 10.7. The lowest BCUT2D eigenvalue weighted by atomic mass is 9.93. The van der Waals surface area contributed by atoms with Gasteiger partial charge in [0.25, 0.3) is 6.43 Å². The molecule has 0 bridgehead atoms. The van der Waals surface area contributed by atoms with Gasteiger partial charge in [-0.15, -0.1) is 0 Å². The van der Waals surface area contributed by atoms with E-state index >= 15 is 0 Å². The Kier molecular flexibility index (Phi) is 10.5. The number of likely N-dealkylation sites (tertiary alicyclic amines) is 2. The molecular formula is C41H39F4N7O5. The number of aliphatic hydroxyl groups excluding tert-OH is 1. The van der Waals surface area contributed by atoms with Gasteiger partial charge < -0.3 is 24.7 Å². The zero-order valence-electron chi connectivity index (χ0n) is 31.1. The van der Waals surface area contributed by atoms with Crippen LogP contribution in [0.25, 0.3) is 44.7 Å². The molecule has 0 radical (unpaired) electrons. The number of carboxylic acid groups (broad SMARTS) is 1. The fraction of sp³-hybridized carbons (Fsp3) is 0.341. The number of halogens is 4. The SMILES string of the molecule is Cc1c(Nc2nc(C(F)F)nc3cc(CN4CCC(O)C4)cnc23)cccc1-c1cccc(-c2nc3cc(CN4CCCC4C(=O)O)c(OC(F)F)cc3o2)c1C. The molecule has 57 heavy (non-hydrogen) atoms. The first kappa shape index (κ1) is 38.2. The number of nitrogens with zero attached hydrogens (tertiary/aromatic N) is 6. The number of benzene rings is 3. The van der Waals surface area contributed by atoms with Crippen molar-refractivity contribution >= 4 is 39.6 Å². The highest BCUT2D eigenvalue weighted by Gasteiger charge is 2.32. The molecule has 0 saturated carbocycles. The van der Waals surface area contributed by atoms with Crippen molar-refractivity contribution in [2.75, 3.05) is 25.0 Å². The molecule has 2 atom stereocenters. The van der Waals surface area contributed by atoms with Crippen LogP contribution in [0.15, 0.2) is 65.2 Å². The maximum absolute atomic E-state index is 14.1. The molecule has 0 spiro atoms. The second kappa shape index (κ2) is 15.7. The van der Waals surface area contributed by atoms with Gasteiger partial charge in [0.2, 0.25) is 5.89 Å². The molecule has 3 aromatic heterocycles. The third-order valence-corrected chi connectivity index (χ3v) is 10.7. The zero-order chi connectivity index (χ0) is 40.0. The number of pyridine rings is 1. The monoisotopic (exact) mass is 785 g/mol. The quantitative estimate of drug-likeness (QED) is 0.103. The van der Waals surface area contributed by atoms with E-state index in [0.29, 0.717) is 66.7 Å². The van der Waals surface area contributed by atoms with E-state index in [1.54, 1.807) is 23.2 Å². The van der Waals surface area contributed by atoms with Crippen LogP contribution in [0.5, 0.6) is 5.75 Å². The van der Waals surface area contributed by atoms with Crippen molar-refractivity contribution in [3.8, 4) is 28.3 Å². The number of hydrogen-bond acceptors (Lipinski definition) is 11. The maximum atomic E-state index is 14.1. The Morgan fingerprint density at radius 2 is 1.72 bits per heavy atom. The van der Waals surface area contributed by atoms with Gasteiger partial charge in [0.1, 0.15) is 22.8 Å². The number of carboxylic acids is 1. The van der Waals surface area contributed by atoms with Crippen LogP contribution in [0, 0.1) is 13.8 Å². The smallest absolute Gasteiger partial charge is 0.387 e. The number of alkyl halides is 4. The van der Waals surface area contributed by atoms with Crippen LogP contribution in [0.2, 0.25) is 0 Å². The Balaban J connectivity index is 1.11. The molecule has 2 fully saturated rings. The molecule has 2 saturated heterocycles. The Morgan fingerprint density at radius 3 is 2.46 bits per heavy atom. The van der Waals surface area contributed by atoms with E-state index in [9.17, 15) is 32.6 Å². The van der Waals surface area contributed by atoms with Crippen LogP contribution in [-0.2, 0) is 17.9 Å². The van der Waals surface area contributed by atoms with E-state index in [1.807, 2.05) is 50.2 Å². The lowest BCUT2D eigenvalue weighted by molar-refractivity contribution is -0.142. The summed E-state index contributed by atoms with van der Waals surface area (Å²) in [4.78, 5) is 33.2. The van der Waals surface area contributed by atoms with E-state index < -0.39 is 37.0 Å². The number of oxazole rings is 1. The molecule has 2 unspecified atom stereocenters. The lowest BCUT2D eigenvalue weighted by Gasteiger charge is -2.22. The molecule has 0 aliphatic carbocycles. The molecule has 3 N–H and O–H groups in total. The Labute approximate surface area is 324 Å². The van der Waals surface area contributed by atoms with Gasteiger partial charge in [-0.3, -0.25) is 19.6 Å². The summed E-state index contributed by atoms with van der Waals surface area (Å²) in [6, 6.07) is 15.2. The van der Waals surface area contributed by atoms with Crippen LogP contribution in [0.4, 0.5) is 29.1 Å². The lowest BCUT2D eigenvalue weighted by Crippen LogP contribution is -2.35. The minimum absolute atomic E-state index is 0.0885. The van der Waals surface area contributed by atoms with E-state index in [2.05, 4.69) is 25.2 Å². The molecule has 6 aromatic rings. The number of aromatic nitrogens is 4. The van der Waals surface area contributed by atoms with Crippen molar-refractivity contribution < 1.29 is 41.7 Å². The van der Waals surface area contributed by atoms with Gasteiger partial charge in [0.15, 0.2) is 17.2 Å². The van der Waals surface area contributed by atoms with Gasteiger partial charge in [0.05, 0.1) is 11.6 Å². The van der Waals surface area contributed by atoms with E-state index in [4.69, 9.17) is 14.1 Å². The first-order valence-corrected chi connectivity index (χ1v) is 18.6. The van der Waals surface area contributed by atoms with Gasteiger partial charge in [-0.25, -0.2) is 23.7 Å². The molecular weight excluding hydrogens is 746 g/mol. The van der Waals surface area contributed by atoms with Crippen molar-refractivity contribution in [3.63, 3.8) is 0 Å². The standard InChI is InChI=1S/C41H39F4N7O5/c1-21-26(6-3-8-28(21)39-49-30-15-24(19-52-12-5-10-32(52)40(54)55)33(57-41(44)45)16-34(30)56-39)27-7-4-9-29(22(27)2)47-37-35-31(48-38(50-37)36(42)43)14-23(17-46-35)18-51-13-11-25(53)20-51/h3-4,6-9,14-17,25,32,36,41,53H,5,10-13,18-20H2,1-2H3,(H,54,55)(H,47,48,50). The minimum atomic E-state index is -3.10. The van der Waals surface area contributed by atoms with Crippen molar-refractivity contribution in [1.82, 2.24) is 29.7 Å². The van der Waals surface area contributed by atoms with E-state index in [1.165, 1.54) is 6.07 Å². The third kappa shape index (κ3) is 7.84. The van der Waals surface area contributed by atoms with Crippen molar-refractivity contribution in [1.29, 1.82) is 0 Å². The highest BCUT2D eigenvalue weighted by molar-refractivity contribution is 5.89. The number of fused-ring (bicyclic) bond motifs is 2. The zero-order valence-corrected chi connectivity index (χ0v) is 31.1. The topological polar surface area (TPSA) is 150 Å². The van der Waals surface area contributed by atoms with Gasteiger partial charge >= 0.3 is 12.6 Å². The molecule has 5 heterocycles. The fourth-order valence-electron chi connectivity index (χ4n) is 7.87. The Morgan fingerprint density at radius 1 is 0.947 bits per heavy atom. The number of nitrogens with one attached hydrogen (secondary N) is 1. The van der Waals surface area contributed by atoms with Crippen molar-refractivity contribution in [2.45, 2.75) is 71.4 Å². The van der Waals surface area contributed by atoms with Crippen LogP contribution in [0.3, 0.4) is 0 Å². The second-order valence-electron chi connectivity index (χ2n) is 14.5. The maximum Gasteiger partial charge on any atom is 0.387 e. The summed E-state index contributed by atoms with van der Waals surface area (Å²) in [7, 11) is 0. The van der Waals surface area contributed by atoms with Gasteiger partial charge in [-0.1, -0.05) is 24.3 Å². The summed E-state index contributed by atoms with van der Waals surface area (Å²) < 4.78 is 66.2. The van der Waals surface area contributed by atoms with Gasteiger partial charge in [-0.05, 0) is 91.7 Å². The number of anilines is 2. The largest absolute Gasteiger partial charge is 0.480 e. The molecule has 2 aliphatic rings. The van der Waals surface area contributed by atoms with Crippen LogP contribution in [0.1, 0.15) is 53.8 Å². The molecule has 12 nitrogen and oxygen atoms in total. The number of rotatable bonds is 12. The highest BCUT2D eigenvalue weighted by atomic mass is 19.3. The van der Waals surface area contributed by atoms with Crippen molar-refractivity contribution in [2.24, 2.45) is 0 Å². The molecule has 296 valence electrons. The molecule has 2 aliphatic heterocycles. The predicted molar refractivity (Wildman–Crippen MR) is 204 cm³/mol. The van der Waals surface area contributed by atoms with Crippen molar-refractivity contribution in [3.05, 3.63) is 88.9 Å². The predicted octanol–water partition coefficient (Wildman–Crippen LogP) is 8.02. The van der Waals surface area contributed by atoms with E-state index in [0.717, 1.165) is 34.4 Å².